The number of amides is 2. The van der Waals surface area contributed by atoms with Gasteiger partial charge < -0.3 is 14.5 Å². The fourth-order valence-electron chi connectivity index (χ4n) is 5.02. The molecule has 2 atom stereocenters. The van der Waals surface area contributed by atoms with Crippen LogP contribution in [0.25, 0.3) is 0 Å². The number of alkyl halides is 3. The molecule has 35 heavy (non-hydrogen) atoms. The first kappa shape index (κ1) is 25.1. The number of para-hydroxylation sites is 1. The molecule has 2 aromatic rings. The van der Waals surface area contributed by atoms with Crippen LogP contribution in [0.2, 0.25) is 0 Å². The van der Waals surface area contributed by atoms with Crippen LogP contribution in [0.3, 0.4) is 0 Å². The van der Waals surface area contributed by atoms with E-state index in [9.17, 15) is 22.8 Å². The Hall–Kier alpha value is -3.03. The highest BCUT2D eigenvalue weighted by atomic mass is 19.4. The van der Waals surface area contributed by atoms with Gasteiger partial charge in [-0.15, -0.1) is 0 Å². The van der Waals surface area contributed by atoms with Crippen LogP contribution in [0.4, 0.5) is 13.2 Å². The Kier molecular flexibility index (Phi) is 7.67. The Labute approximate surface area is 203 Å². The van der Waals surface area contributed by atoms with E-state index in [-0.39, 0.29) is 29.5 Å². The van der Waals surface area contributed by atoms with Crippen molar-refractivity contribution in [2.45, 2.75) is 63.8 Å². The van der Waals surface area contributed by atoms with E-state index in [2.05, 4.69) is 0 Å². The lowest BCUT2D eigenvalue weighted by atomic mass is 9.90. The summed E-state index contributed by atoms with van der Waals surface area (Å²) < 4.78 is 45.5. The van der Waals surface area contributed by atoms with Crippen LogP contribution in [-0.4, -0.2) is 53.4 Å². The van der Waals surface area contributed by atoms with Gasteiger partial charge in [-0.05, 0) is 75.4 Å². The predicted octanol–water partition coefficient (Wildman–Crippen LogP) is 5.79. The number of rotatable bonds is 2. The van der Waals surface area contributed by atoms with E-state index >= 15 is 0 Å². The lowest BCUT2D eigenvalue weighted by Crippen LogP contribution is -2.51. The molecule has 2 aromatic carbocycles. The standard InChI is InChI=1S/C27H31F3N2O3/c1-2-31-17-7-8-18-32(25(33)19-13-15-20(16-14-19)27(28,29)30)22-10-4-6-12-24(22)35-23-11-5-3-9-21(23)26(31)34/h3,5,9,11,13-16,22,24H,2,4,6-8,10,12,17-18H2,1H3/t22-,24+/m1/s1. The molecule has 1 aliphatic heterocycles. The van der Waals surface area contributed by atoms with Crippen molar-refractivity contribution in [3.8, 4) is 5.75 Å². The summed E-state index contributed by atoms with van der Waals surface area (Å²) in [6, 6.07) is 11.4. The molecular weight excluding hydrogens is 457 g/mol. The Balaban J connectivity index is 1.67. The molecule has 8 heteroatoms. The quantitative estimate of drug-likeness (QED) is 0.537. The number of carbonyl (C=O) groups excluding carboxylic acids is 2. The van der Waals surface area contributed by atoms with Crippen LogP contribution in [0.15, 0.2) is 48.5 Å². The molecule has 2 amide bonds. The van der Waals surface area contributed by atoms with Crippen LogP contribution in [-0.2, 0) is 6.18 Å². The SMILES string of the molecule is CCN1CCCCN(C(=O)c2ccc(C(F)(F)F)cc2)[C@@H]2CCCC[C@@H]2Oc2ccccc2C1=O. The lowest BCUT2D eigenvalue weighted by molar-refractivity contribution is -0.137. The molecule has 188 valence electrons. The number of fused-ring (bicyclic) bond motifs is 2. The molecule has 0 radical (unpaired) electrons. The topological polar surface area (TPSA) is 49.9 Å². The van der Waals surface area contributed by atoms with Crippen molar-refractivity contribution in [1.82, 2.24) is 9.80 Å². The van der Waals surface area contributed by atoms with Gasteiger partial charge in [-0.25, -0.2) is 0 Å². The maximum atomic E-state index is 13.6. The highest BCUT2D eigenvalue weighted by Gasteiger charge is 2.36. The van der Waals surface area contributed by atoms with Crippen molar-refractivity contribution in [1.29, 1.82) is 0 Å². The summed E-state index contributed by atoms with van der Waals surface area (Å²) >= 11 is 0. The highest BCUT2D eigenvalue weighted by Crippen LogP contribution is 2.32. The number of ether oxygens (including phenoxy) is 1. The zero-order valence-electron chi connectivity index (χ0n) is 19.9. The molecule has 0 saturated heterocycles. The summed E-state index contributed by atoms with van der Waals surface area (Å²) in [4.78, 5) is 30.3. The van der Waals surface area contributed by atoms with Gasteiger partial charge in [0.15, 0.2) is 0 Å². The van der Waals surface area contributed by atoms with Crippen LogP contribution >= 0.6 is 0 Å². The molecule has 1 heterocycles. The molecular formula is C27H31F3N2O3. The number of benzene rings is 2. The third-order valence-electron chi connectivity index (χ3n) is 6.93. The van der Waals surface area contributed by atoms with Gasteiger partial charge in [0.25, 0.3) is 11.8 Å². The number of carbonyl (C=O) groups is 2. The molecule has 1 aliphatic carbocycles. The second-order valence-corrected chi connectivity index (χ2v) is 9.17. The highest BCUT2D eigenvalue weighted by molar-refractivity contribution is 5.97. The Bertz CT molecular complexity index is 1040. The fraction of sp³-hybridized carbons (Fsp3) is 0.481. The average Bonchev–Trinajstić information content (AvgIpc) is 2.85. The first-order chi connectivity index (χ1) is 16.8. The van der Waals surface area contributed by atoms with Crippen LogP contribution in [0.1, 0.15) is 71.7 Å². The van der Waals surface area contributed by atoms with Crippen molar-refractivity contribution in [2.24, 2.45) is 0 Å². The van der Waals surface area contributed by atoms with E-state index in [0.717, 1.165) is 44.2 Å². The molecule has 2 aliphatic rings. The minimum absolute atomic E-state index is 0.0614. The first-order valence-electron chi connectivity index (χ1n) is 12.3. The van der Waals surface area contributed by atoms with Gasteiger partial charge in [0.05, 0.1) is 17.2 Å². The molecule has 0 N–H and O–H groups in total. The van der Waals surface area contributed by atoms with E-state index < -0.39 is 11.7 Å². The monoisotopic (exact) mass is 488 g/mol. The van der Waals surface area contributed by atoms with E-state index in [1.54, 1.807) is 21.9 Å². The summed E-state index contributed by atoms with van der Waals surface area (Å²) in [7, 11) is 0. The van der Waals surface area contributed by atoms with E-state index in [4.69, 9.17) is 4.74 Å². The zero-order valence-corrected chi connectivity index (χ0v) is 19.9. The smallest absolute Gasteiger partial charge is 0.416 e. The lowest BCUT2D eigenvalue weighted by Gasteiger charge is -2.40. The molecule has 0 unspecified atom stereocenters. The Morgan fingerprint density at radius 1 is 0.971 bits per heavy atom. The van der Waals surface area contributed by atoms with Crippen LogP contribution in [0, 0.1) is 0 Å². The third kappa shape index (κ3) is 5.63. The summed E-state index contributed by atoms with van der Waals surface area (Å²) in [5.74, 6) is 0.164. The fourth-order valence-corrected chi connectivity index (χ4v) is 5.02. The Morgan fingerprint density at radius 2 is 1.66 bits per heavy atom. The van der Waals surface area contributed by atoms with E-state index in [1.807, 2.05) is 19.1 Å². The maximum Gasteiger partial charge on any atom is 0.416 e. The second kappa shape index (κ2) is 10.7. The minimum atomic E-state index is -4.45. The van der Waals surface area contributed by atoms with Gasteiger partial charge in [-0.2, -0.15) is 13.2 Å². The van der Waals surface area contributed by atoms with Crippen LogP contribution in [0.5, 0.6) is 5.75 Å². The van der Waals surface area contributed by atoms with E-state index in [1.165, 1.54) is 12.1 Å². The summed E-state index contributed by atoms with van der Waals surface area (Å²) in [6.07, 6.45) is 0.0121. The number of hydrogen-bond donors (Lipinski definition) is 0. The van der Waals surface area contributed by atoms with Gasteiger partial charge in [0.1, 0.15) is 11.9 Å². The second-order valence-electron chi connectivity index (χ2n) is 9.17. The largest absolute Gasteiger partial charge is 0.487 e. The normalized spacial score (nSPS) is 21.8. The van der Waals surface area contributed by atoms with Gasteiger partial charge in [-0.3, -0.25) is 9.59 Å². The first-order valence-corrected chi connectivity index (χ1v) is 12.3. The van der Waals surface area contributed by atoms with Gasteiger partial charge in [0.2, 0.25) is 0 Å². The minimum Gasteiger partial charge on any atom is -0.487 e. The van der Waals surface area contributed by atoms with Gasteiger partial charge in [0, 0.05) is 25.2 Å². The van der Waals surface area contributed by atoms with Crippen LogP contribution < -0.4 is 4.74 Å². The molecule has 0 aromatic heterocycles. The van der Waals surface area contributed by atoms with Crippen molar-refractivity contribution >= 4 is 11.8 Å². The van der Waals surface area contributed by atoms with E-state index in [0.29, 0.717) is 37.4 Å². The molecule has 0 bridgehead atoms. The zero-order chi connectivity index (χ0) is 25.0. The number of hydrogen-bond acceptors (Lipinski definition) is 3. The molecule has 1 fully saturated rings. The summed E-state index contributed by atoms with van der Waals surface area (Å²) in [5.41, 5.74) is -0.0254. The van der Waals surface area contributed by atoms with Crippen molar-refractivity contribution in [3.63, 3.8) is 0 Å². The average molecular weight is 489 g/mol. The number of nitrogens with zero attached hydrogens (tertiary/aromatic N) is 2. The molecule has 0 spiro atoms. The van der Waals surface area contributed by atoms with Gasteiger partial charge >= 0.3 is 6.18 Å². The molecule has 1 saturated carbocycles. The predicted molar refractivity (Wildman–Crippen MR) is 126 cm³/mol. The number of halogens is 3. The van der Waals surface area contributed by atoms with Gasteiger partial charge in [-0.1, -0.05) is 18.6 Å². The summed E-state index contributed by atoms with van der Waals surface area (Å²) in [6.45, 7) is 3.51. The molecule has 5 nitrogen and oxygen atoms in total. The van der Waals surface area contributed by atoms with Crippen molar-refractivity contribution in [3.05, 3.63) is 65.2 Å². The maximum absolute atomic E-state index is 13.6. The van der Waals surface area contributed by atoms with Crippen molar-refractivity contribution < 1.29 is 27.5 Å². The Morgan fingerprint density at radius 3 is 2.37 bits per heavy atom. The summed E-state index contributed by atoms with van der Waals surface area (Å²) in [5, 5.41) is 0. The molecule has 4 rings (SSSR count). The van der Waals surface area contributed by atoms with Crippen molar-refractivity contribution in [2.75, 3.05) is 19.6 Å². The third-order valence-corrected chi connectivity index (χ3v) is 6.93.